The predicted octanol–water partition coefficient (Wildman–Crippen LogP) is 3.20. The summed E-state index contributed by atoms with van der Waals surface area (Å²) in [4.78, 5) is 6.52. The molecule has 1 atom stereocenters. The summed E-state index contributed by atoms with van der Waals surface area (Å²) < 4.78 is 44.8. The van der Waals surface area contributed by atoms with Crippen molar-refractivity contribution in [3.05, 3.63) is 28.0 Å². The van der Waals surface area contributed by atoms with E-state index in [4.69, 9.17) is 27.9 Å². The Kier molecular flexibility index (Phi) is 3.13. The molecule has 1 saturated heterocycles. The van der Waals surface area contributed by atoms with Gasteiger partial charge < -0.3 is 9.72 Å². The molecule has 0 aliphatic carbocycles. The van der Waals surface area contributed by atoms with E-state index in [-0.39, 0.29) is 34.5 Å². The summed E-state index contributed by atoms with van der Waals surface area (Å²) in [6, 6.07) is 2.83. The lowest BCUT2D eigenvalue weighted by Crippen LogP contribution is -2.52. The molecule has 1 aromatic carbocycles. The monoisotopic (exact) mass is 325 g/mol. The van der Waals surface area contributed by atoms with Crippen LogP contribution in [0.15, 0.2) is 12.1 Å². The topological polar surface area (TPSA) is 49.9 Å². The molecule has 1 unspecified atom stereocenters. The van der Waals surface area contributed by atoms with Crippen molar-refractivity contribution >= 4 is 34.2 Å². The Morgan fingerprint density at radius 1 is 1.25 bits per heavy atom. The first kappa shape index (κ1) is 13.9. The van der Waals surface area contributed by atoms with E-state index >= 15 is 0 Å². The molecule has 20 heavy (non-hydrogen) atoms. The van der Waals surface area contributed by atoms with Crippen LogP contribution in [-0.4, -0.2) is 29.3 Å². The number of aromatic amines is 1. The van der Waals surface area contributed by atoms with Gasteiger partial charge >= 0.3 is 6.18 Å². The van der Waals surface area contributed by atoms with Crippen molar-refractivity contribution in [1.82, 2.24) is 15.3 Å². The van der Waals surface area contributed by atoms with E-state index in [0.717, 1.165) is 0 Å². The lowest BCUT2D eigenvalue weighted by Gasteiger charge is -2.28. The molecule has 2 N–H and O–H groups in total. The summed E-state index contributed by atoms with van der Waals surface area (Å²) in [5.41, 5.74) is -1.98. The Morgan fingerprint density at radius 2 is 1.95 bits per heavy atom. The molecule has 2 heterocycles. The number of nitrogens with one attached hydrogen (secondary N) is 2. The number of imidazole rings is 1. The quantitative estimate of drug-likeness (QED) is 0.846. The molecule has 1 fully saturated rings. The third-order valence-electron chi connectivity index (χ3n) is 3.05. The van der Waals surface area contributed by atoms with E-state index in [1.54, 1.807) is 0 Å². The zero-order valence-electron chi connectivity index (χ0n) is 9.81. The van der Waals surface area contributed by atoms with E-state index < -0.39 is 11.9 Å². The molecule has 0 amide bonds. The van der Waals surface area contributed by atoms with Gasteiger partial charge in [0.05, 0.1) is 27.7 Å². The maximum absolute atomic E-state index is 13.3. The van der Waals surface area contributed by atoms with E-state index in [9.17, 15) is 13.2 Å². The van der Waals surface area contributed by atoms with Crippen LogP contribution in [0.1, 0.15) is 5.82 Å². The number of alkyl halides is 3. The summed E-state index contributed by atoms with van der Waals surface area (Å²) >= 11 is 11.7. The molecule has 1 aliphatic rings. The maximum atomic E-state index is 13.3. The molecule has 2 aromatic rings. The van der Waals surface area contributed by atoms with Crippen LogP contribution in [0.25, 0.3) is 11.0 Å². The summed E-state index contributed by atoms with van der Waals surface area (Å²) in [5.74, 6) is -0.365. The van der Waals surface area contributed by atoms with Crippen molar-refractivity contribution in [2.24, 2.45) is 0 Å². The highest BCUT2D eigenvalue weighted by Crippen LogP contribution is 2.41. The standard InChI is InChI=1S/C11H8Cl2F3N3O/c12-5-3-7-8(4-6(5)13)19-9(18-7)10(11(14,15)16)17-1-2-20-10/h3-4,17H,1-2H2,(H,18,19). The average Bonchev–Trinajstić information content (AvgIpc) is 2.95. The number of nitrogens with zero attached hydrogens (tertiary/aromatic N) is 1. The highest BCUT2D eigenvalue weighted by atomic mass is 35.5. The van der Waals surface area contributed by atoms with Gasteiger partial charge in [-0.1, -0.05) is 23.2 Å². The Hall–Kier alpha value is -1.02. The number of hydrogen-bond acceptors (Lipinski definition) is 3. The Morgan fingerprint density at radius 3 is 2.55 bits per heavy atom. The summed E-state index contributed by atoms with van der Waals surface area (Å²) in [6.45, 7) is 0.0239. The van der Waals surface area contributed by atoms with Gasteiger partial charge in [-0.25, -0.2) is 4.98 Å². The van der Waals surface area contributed by atoms with Crippen molar-refractivity contribution in [2.45, 2.75) is 11.9 Å². The van der Waals surface area contributed by atoms with Crippen molar-refractivity contribution in [1.29, 1.82) is 0 Å². The Balaban J connectivity index is 2.18. The summed E-state index contributed by atoms with van der Waals surface area (Å²) in [7, 11) is 0. The smallest absolute Gasteiger partial charge is 0.345 e. The third-order valence-corrected chi connectivity index (χ3v) is 3.77. The molecule has 0 saturated carbocycles. The first-order chi connectivity index (χ1) is 9.33. The highest BCUT2D eigenvalue weighted by molar-refractivity contribution is 6.42. The van der Waals surface area contributed by atoms with Crippen LogP contribution in [-0.2, 0) is 10.5 Å². The highest BCUT2D eigenvalue weighted by Gasteiger charge is 2.61. The van der Waals surface area contributed by atoms with Gasteiger partial charge in [-0.05, 0) is 12.1 Å². The van der Waals surface area contributed by atoms with Crippen LogP contribution in [0.5, 0.6) is 0 Å². The van der Waals surface area contributed by atoms with E-state index in [2.05, 4.69) is 15.3 Å². The van der Waals surface area contributed by atoms with Gasteiger partial charge in [0.2, 0.25) is 0 Å². The van der Waals surface area contributed by atoms with Crippen LogP contribution in [0.4, 0.5) is 13.2 Å². The second-order valence-corrected chi connectivity index (χ2v) is 5.14. The molecule has 9 heteroatoms. The molecule has 0 bridgehead atoms. The Bertz CT molecular complexity index is 626. The molecule has 3 rings (SSSR count). The molecule has 1 aliphatic heterocycles. The van der Waals surface area contributed by atoms with Crippen LogP contribution in [0.2, 0.25) is 10.0 Å². The Labute approximate surface area is 121 Å². The largest absolute Gasteiger partial charge is 0.439 e. The van der Waals surface area contributed by atoms with Gasteiger partial charge in [0.1, 0.15) is 0 Å². The second-order valence-electron chi connectivity index (χ2n) is 4.32. The fourth-order valence-corrected chi connectivity index (χ4v) is 2.44. The minimum Gasteiger partial charge on any atom is -0.345 e. The van der Waals surface area contributed by atoms with Crippen molar-refractivity contribution in [3.63, 3.8) is 0 Å². The molecule has 108 valence electrons. The first-order valence-electron chi connectivity index (χ1n) is 5.64. The number of hydrogen-bond donors (Lipinski definition) is 2. The molecule has 1 aromatic heterocycles. The van der Waals surface area contributed by atoms with Gasteiger partial charge in [0.25, 0.3) is 5.72 Å². The number of benzene rings is 1. The molecular weight excluding hydrogens is 318 g/mol. The lowest BCUT2D eigenvalue weighted by molar-refractivity contribution is -0.280. The van der Waals surface area contributed by atoms with Gasteiger partial charge in [-0.2, -0.15) is 13.2 Å². The molecule has 4 nitrogen and oxygen atoms in total. The van der Waals surface area contributed by atoms with Gasteiger partial charge in [-0.15, -0.1) is 0 Å². The lowest BCUT2D eigenvalue weighted by atomic mass is 10.2. The predicted molar refractivity (Wildman–Crippen MR) is 67.8 cm³/mol. The second kappa shape index (κ2) is 4.49. The maximum Gasteiger partial charge on any atom is 0.439 e. The van der Waals surface area contributed by atoms with Crippen LogP contribution in [0, 0.1) is 0 Å². The first-order valence-corrected chi connectivity index (χ1v) is 6.40. The summed E-state index contributed by atoms with van der Waals surface area (Å²) in [6.07, 6.45) is -4.65. The minimum absolute atomic E-state index is 0.0575. The SMILES string of the molecule is FC(F)(F)C1(c2nc3cc(Cl)c(Cl)cc3[nH]2)NCCO1. The molecular formula is C11H8Cl2F3N3O. The number of fused-ring (bicyclic) bond motifs is 1. The van der Waals surface area contributed by atoms with Gasteiger partial charge in [0, 0.05) is 6.54 Å². The zero-order chi connectivity index (χ0) is 14.5. The van der Waals surface area contributed by atoms with Crippen LogP contribution in [0.3, 0.4) is 0 Å². The van der Waals surface area contributed by atoms with Gasteiger partial charge in [0.15, 0.2) is 5.82 Å². The van der Waals surface area contributed by atoms with Crippen LogP contribution < -0.4 is 5.32 Å². The van der Waals surface area contributed by atoms with Crippen molar-refractivity contribution < 1.29 is 17.9 Å². The average molecular weight is 326 g/mol. The van der Waals surface area contributed by atoms with Gasteiger partial charge in [-0.3, -0.25) is 5.32 Å². The number of rotatable bonds is 1. The fraction of sp³-hybridized carbons (Fsp3) is 0.364. The molecule has 0 radical (unpaired) electrons. The summed E-state index contributed by atoms with van der Waals surface area (Å²) in [5, 5.41) is 2.76. The van der Waals surface area contributed by atoms with Crippen LogP contribution >= 0.6 is 23.2 Å². The van der Waals surface area contributed by atoms with E-state index in [1.807, 2.05) is 0 Å². The van der Waals surface area contributed by atoms with Crippen molar-refractivity contribution in [2.75, 3.05) is 13.2 Å². The molecule has 0 spiro atoms. The van der Waals surface area contributed by atoms with E-state index in [0.29, 0.717) is 5.52 Å². The minimum atomic E-state index is -4.65. The number of halogens is 5. The normalized spacial score (nSPS) is 23.6. The zero-order valence-corrected chi connectivity index (χ0v) is 11.3. The number of H-pyrrole nitrogens is 1. The van der Waals surface area contributed by atoms with Crippen molar-refractivity contribution in [3.8, 4) is 0 Å². The third kappa shape index (κ3) is 1.96. The van der Waals surface area contributed by atoms with E-state index in [1.165, 1.54) is 12.1 Å². The number of ether oxygens (including phenoxy) is 1. The number of aromatic nitrogens is 2. The fourth-order valence-electron chi connectivity index (χ4n) is 2.12.